The standard InChI is InChI=1S/C19H16F3N3O2/c1-10(18(26)11-5-2-3-6-13(11)20)24-19(27)12-9-23-25-17(12)16-14(21)7-4-8-15(16)22/h2-10,18,26H,1H3,(H,23,25)(H,24,27). The molecule has 2 atom stereocenters. The molecule has 1 aromatic heterocycles. The first-order chi connectivity index (χ1) is 12.9. The molecule has 0 fully saturated rings. The van der Waals surface area contributed by atoms with Crippen molar-refractivity contribution in [3.8, 4) is 11.3 Å². The first kappa shape index (κ1) is 18.7. The van der Waals surface area contributed by atoms with Crippen LogP contribution in [0, 0.1) is 17.5 Å². The number of aliphatic hydroxyl groups excluding tert-OH is 1. The van der Waals surface area contributed by atoms with Crippen LogP contribution in [0.5, 0.6) is 0 Å². The molecule has 0 aliphatic rings. The van der Waals surface area contributed by atoms with Crippen molar-refractivity contribution < 1.29 is 23.1 Å². The highest BCUT2D eigenvalue weighted by Crippen LogP contribution is 2.27. The number of carbonyl (C=O) groups excluding carboxylic acids is 1. The number of benzene rings is 2. The number of aromatic nitrogens is 2. The normalized spacial score (nSPS) is 13.2. The average Bonchev–Trinajstić information content (AvgIpc) is 3.11. The van der Waals surface area contributed by atoms with Crippen molar-refractivity contribution in [3.05, 3.63) is 77.2 Å². The summed E-state index contributed by atoms with van der Waals surface area (Å²) in [6, 6.07) is 8.10. The summed E-state index contributed by atoms with van der Waals surface area (Å²) >= 11 is 0. The second-order valence-electron chi connectivity index (χ2n) is 5.98. The van der Waals surface area contributed by atoms with Gasteiger partial charge in [0.25, 0.3) is 5.91 Å². The second-order valence-corrected chi connectivity index (χ2v) is 5.98. The van der Waals surface area contributed by atoms with Crippen LogP contribution in [0.1, 0.15) is 28.9 Å². The van der Waals surface area contributed by atoms with Gasteiger partial charge in [-0.3, -0.25) is 9.89 Å². The molecule has 1 heterocycles. The molecule has 3 rings (SSSR count). The second kappa shape index (κ2) is 7.63. The summed E-state index contributed by atoms with van der Waals surface area (Å²) in [6.45, 7) is 1.48. The van der Waals surface area contributed by atoms with E-state index < -0.39 is 41.1 Å². The summed E-state index contributed by atoms with van der Waals surface area (Å²) in [4.78, 5) is 12.5. The van der Waals surface area contributed by atoms with Crippen molar-refractivity contribution in [2.75, 3.05) is 0 Å². The number of aliphatic hydroxyl groups is 1. The van der Waals surface area contributed by atoms with Crippen LogP contribution in [0.2, 0.25) is 0 Å². The molecule has 8 heteroatoms. The molecule has 3 aromatic rings. The summed E-state index contributed by atoms with van der Waals surface area (Å²) in [5, 5.41) is 18.9. The maximum Gasteiger partial charge on any atom is 0.255 e. The van der Waals surface area contributed by atoms with E-state index in [2.05, 4.69) is 15.5 Å². The van der Waals surface area contributed by atoms with Gasteiger partial charge in [0.1, 0.15) is 23.6 Å². The lowest BCUT2D eigenvalue weighted by atomic mass is 10.0. The molecule has 140 valence electrons. The first-order valence-corrected chi connectivity index (χ1v) is 8.11. The first-order valence-electron chi connectivity index (χ1n) is 8.11. The van der Waals surface area contributed by atoms with Gasteiger partial charge < -0.3 is 10.4 Å². The maximum atomic E-state index is 14.0. The van der Waals surface area contributed by atoms with Gasteiger partial charge in [-0.15, -0.1) is 0 Å². The van der Waals surface area contributed by atoms with Gasteiger partial charge in [-0.05, 0) is 25.1 Å². The van der Waals surface area contributed by atoms with Crippen molar-refractivity contribution in [1.82, 2.24) is 15.5 Å². The minimum atomic E-state index is -1.31. The van der Waals surface area contributed by atoms with E-state index in [1.807, 2.05) is 0 Å². The zero-order valence-corrected chi connectivity index (χ0v) is 14.2. The van der Waals surface area contributed by atoms with Gasteiger partial charge >= 0.3 is 0 Å². The van der Waals surface area contributed by atoms with Crippen LogP contribution in [0.3, 0.4) is 0 Å². The molecule has 5 nitrogen and oxygen atoms in total. The van der Waals surface area contributed by atoms with Crippen molar-refractivity contribution in [3.63, 3.8) is 0 Å². The Kier molecular flexibility index (Phi) is 5.27. The van der Waals surface area contributed by atoms with E-state index in [9.17, 15) is 23.1 Å². The minimum absolute atomic E-state index is 0.0258. The summed E-state index contributed by atoms with van der Waals surface area (Å²) in [7, 11) is 0. The van der Waals surface area contributed by atoms with Gasteiger partial charge in [0.05, 0.1) is 29.1 Å². The quantitative estimate of drug-likeness (QED) is 0.640. The predicted octanol–water partition coefficient (Wildman–Crippen LogP) is 3.35. The SMILES string of the molecule is CC(NC(=O)c1cn[nH]c1-c1c(F)cccc1F)C(O)c1ccccc1F. The van der Waals surface area contributed by atoms with Crippen LogP contribution < -0.4 is 5.32 Å². The van der Waals surface area contributed by atoms with Crippen LogP contribution in [-0.2, 0) is 0 Å². The number of amides is 1. The Hall–Kier alpha value is -3.13. The molecule has 27 heavy (non-hydrogen) atoms. The lowest BCUT2D eigenvalue weighted by Gasteiger charge is -2.21. The molecule has 0 bridgehead atoms. The number of carbonyl (C=O) groups is 1. The monoisotopic (exact) mass is 375 g/mol. The molecule has 3 N–H and O–H groups in total. The largest absolute Gasteiger partial charge is 0.386 e. The highest BCUT2D eigenvalue weighted by Gasteiger charge is 2.25. The van der Waals surface area contributed by atoms with Crippen LogP contribution in [-0.4, -0.2) is 27.3 Å². The Morgan fingerprint density at radius 3 is 2.37 bits per heavy atom. The minimum Gasteiger partial charge on any atom is -0.386 e. The molecule has 2 unspecified atom stereocenters. The Bertz CT molecular complexity index is 954. The summed E-state index contributed by atoms with van der Waals surface area (Å²) in [6.07, 6.45) is -0.186. The van der Waals surface area contributed by atoms with Crippen molar-refractivity contribution >= 4 is 5.91 Å². The number of H-pyrrole nitrogens is 1. The third kappa shape index (κ3) is 3.70. The van der Waals surface area contributed by atoms with E-state index >= 15 is 0 Å². The lowest BCUT2D eigenvalue weighted by Crippen LogP contribution is -2.37. The zero-order valence-electron chi connectivity index (χ0n) is 14.2. The Morgan fingerprint density at radius 1 is 1.07 bits per heavy atom. The number of nitrogens with one attached hydrogen (secondary N) is 2. The third-order valence-electron chi connectivity index (χ3n) is 4.15. The molecule has 1 amide bonds. The van der Waals surface area contributed by atoms with Crippen LogP contribution >= 0.6 is 0 Å². The predicted molar refractivity (Wildman–Crippen MR) is 92.2 cm³/mol. The molecular formula is C19H16F3N3O2. The molecule has 0 radical (unpaired) electrons. The van der Waals surface area contributed by atoms with E-state index in [4.69, 9.17) is 0 Å². The van der Waals surface area contributed by atoms with Gasteiger partial charge in [0.15, 0.2) is 0 Å². The van der Waals surface area contributed by atoms with Crippen LogP contribution in [0.25, 0.3) is 11.3 Å². The third-order valence-corrected chi connectivity index (χ3v) is 4.15. The highest BCUT2D eigenvalue weighted by atomic mass is 19.1. The van der Waals surface area contributed by atoms with E-state index in [1.165, 1.54) is 31.2 Å². The van der Waals surface area contributed by atoms with Gasteiger partial charge in [-0.25, -0.2) is 13.2 Å². The molecule has 0 saturated heterocycles. The lowest BCUT2D eigenvalue weighted by molar-refractivity contribution is 0.0846. The van der Waals surface area contributed by atoms with Crippen molar-refractivity contribution in [2.45, 2.75) is 19.1 Å². The average molecular weight is 375 g/mol. The van der Waals surface area contributed by atoms with Gasteiger partial charge in [0.2, 0.25) is 0 Å². The fraction of sp³-hybridized carbons (Fsp3) is 0.158. The van der Waals surface area contributed by atoms with E-state index in [0.717, 1.165) is 18.3 Å². The fourth-order valence-corrected chi connectivity index (χ4v) is 2.73. The molecule has 0 saturated carbocycles. The number of aromatic amines is 1. The van der Waals surface area contributed by atoms with Crippen LogP contribution in [0.4, 0.5) is 13.2 Å². The molecule has 0 spiro atoms. The van der Waals surface area contributed by atoms with Crippen molar-refractivity contribution in [1.29, 1.82) is 0 Å². The topological polar surface area (TPSA) is 78.0 Å². The van der Waals surface area contributed by atoms with Gasteiger partial charge in [-0.1, -0.05) is 24.3 Å². The Balaban J connectivity index is 1.84. The Morgan fingerprint density at radius 2 is 1.70 bits per heavy atom. The Labute approximate surface area is 152 Å². The number of halogens is 3. The van der Waals surface area contributed by atoms with Gasteiger partial charge in [-0.2, -0.15) is 5.10 Å². The molecule has 0 aliphatic carbocycles. The zero-order chi connectivity index (χ0) is 19.6. The van der Waals surface area contributed by atoms with E-state index in [0.29, 0.717) is 0 Å². The number of nitrogens with zero attached hydrogens (tertiary/aromatic N) is 1. The fourth-order valence-electron chi connectivity index (χ4n) is 2.73. The summed E-state index contributed by atoms with van der Waals surface area (Å²) in [5.74, 6) is -3.03. The van der Waals surface area contributed by atoms with Crippen molar-refractivity contribution in [2.24, 2.45) is 0 Å². The van der Waals surface area contributed by atoms with Crippen LogP contribution in [0.15, 0.2) is 48.7 Å². The summed E-state index contributed by atoms with van der Waals surface area (Å²) in [5.41, 5.74) is -0.623. The van der Waals surface area contributed by atoms with E-state index in [-0.39, 0.29) is 16.8 Å². The van der Waals surface area contributed by atoms with E-state index in [1.54, 1.807) is 6.07 Å². The summed E-state index contributed by atoms with van der Waals surface area (Å²) < 4.78 is 41.8. The van der Waals surface area contributed by atoms with Gasteiger partial charge in [0, 0.05) is 5.56 Å². The molecular weight excluding hydrogens is 359 g/mol. The molecule has 2 aromatic carbocycles. The maximum absolute atomic E-state index is 14.0. The highest BCUT2D eigenvalue weighted by molar-refractivity contribution is 6.00. The molecule has 0 aliphatic heterocycles. The smallest absolute Gasteiger partial charge is 0.255 e. The number of rotatable bonds is 5. The number of hydrogen-bond donors (Lipinski definition) is 3. The number of hydrogen-bond acceptors (Lipinski definition) is 3.